The van der Waals surface area contributed by atoms with Gasteiger partial charge in [0.15, 0.2) is 12.1 Å². The van der Waals surface area contributed by atoms with Crippen molar-refractivity contribution < 1.29 is 4.74 Å². The molecule has 0 aliphatic rings. The maximum atomic E-state index is 6.33. The number of rotatable bonds is 7. The van der Waals surface area contributed by atoms with Gasteiger partial charge in [-0.2, -0.15) is 4.68 Å². The molecule has 0 radical (unpaired) electrons. The monoisotopic (exact) mass is 384 g/mol. The van der Waals surface area contributed by atoms with Gasteiger partial charge in [0, 0.05) is 12.0 Å². The van der Waals surface area contributed by atoms with Gasteiger partial charge in [-0.3, -0.25) is 0 Å². The van der Waals surface area contributed by atoms with Crippen LogP contribution in [0.4, 0.5) is 0 Å². The van der Waals surface area contributed by atoms with E-state index >= 15 is 0 Å². The molecule has 0 fully saturated rings. The molecule has 1 atom stereocenters. The second kappa shape index (κ2) is 8.80. The average Bonchev–Trinajstić information content (AvgIpc) is 3.24. The fourth-order valence-electron chi connectivity index (χ4n) is 3.36. The van der Waals surface area contributed by atoms with E-state index in [1.807, 2.05) is 42.5 Å². The summed E-state index contributed by atoms with van der Waals surface area (Å²) >= 11 is 0. The number of aromatic nitrogens is 4. The molecule has 1 aromatic heterocycles. The maximum Gasteiger partial charge on any atom is 0.185 e. The van der Waals surface area contributed by atoms with Crippen LogP contribution < -0.4 is 0 Å². The van der Waals surface area contributed by atoms with Crippen molar-refractivity contribution in [3.8, 4) is 11.4 Å². The molecule has 0 aliphatic carbocycles. The number of hydrogen-bond donors (Lipinski definition) is 0. The number of ether oxygens (including phenoxy) is 1. The van der Waals surface area contributed by atoms with Crippen LogP contribution in [0.25, 0.3) is 11.4 Å². The highest BCUT2D eigenvalue weighted by Crippen LogP contribution is 2.27. The zero-order valence-corrected chi connectivity index (χ0v) is 16.7. The van der Waals surface area contributed by atoms with E-state index in [0.717, 1.165) is 17.0 Å². The lowest BCUT2D eigenvalue weighted by Crippen LogP contribution is -2.19. The molecule has 29 heavy (non-hydrogen) atoms. The predicted molar refractivity (Wildman–Crippen MR) is 113 cm³/mol. The SMILES string of the molecule is Cc1cccc(-c2nnnn2C(Cc2ccccc2)OCc2ccccc2)c1C. The summed E-state index contributed by atoms with van der Waals surface area (Å²) in [6.45, 7) is 4.69. The van der Waals surface area contributed by atoms with Gasteiger partial charge in [-0.05, 0) is 46.5 Å². The van der Waals surface area contributed by atoms with Gasteiger partial charge in [-0.25, -0.2) is 0 Å². The summed E-state index contributed by atoms with van der Waals surface area (Å²) in [6, 6.07) is 26.6. The molecular formula is C24H24N4O. The summed E-state index contributed by atoms with van der Waals surface area (Å²) in [7, 11) is 0. The van der Waals surface area contributed by atoms with Gasteiger partial charge < -0.3 is 4.74 Å². The zero-order valence-electron chi connectivity index (χ0n) is 16.7. The van der Waals surface area contributed by atoms with Crippen molar-refractivity contribution in [3.63, 3.8) is 0 Å². The lowest BCUT2D eigenvalue weighted by molar-refractivity contribution is -0.0172. The van der Waals surface area contributed by atoms with Crippen molar-refractivity contribution in [2.75, 3.05) is 0 Å². The predicted octanol–water partition coefficient (Wildman–Crippen LogP) is 4.92. The Morgan fingerprint density at radius 2 is 1.52 bits per heavy atom. The average molecular weight is 384 g/mol. The summed E-state index contributed by atoms with van der Waals surface area (Å²) in [5, 5.41) is 12.6. The number of benzene rings is 3. The van der Waals surface area contributed by atoms with Crippen LogP contribution in [0, 0.1) is 13.8 Å². The van der Waals surface area contributed by atoms with Gasteiger partial charge in [-0.15, -0.1) is 5.10 Å². The molecule has 0 N–H and O–H groups in total. The number of hydrogen-bond acceptors (Lipinski definition) is 4. The first-order valence-corrected chi connectivity index (χ1v) is 9.76. The topological polar surface area (TPSA) is 52.8 Å². The van der Waals surface area contributed by atoms with Gasteiger partial charge in [0.25, 0.3) is 0 Å². The van der Waals surface area contributed by atoms with Crippen LogP contribution in [-0.4, -0.2) is 20.2 Å². The standard InChI is InChI=1S/C24H24N4O/c1-18-10-9-15-22(19(18)2)24-25-26-27-28(24)23(16-20-11-5-3-6-12-20)29-17-21-13-7-4-8-14-21/h3-15,23H,16-17H2,1-2H3. The molecule has 1 unspecified atom stereocenters. The highest BCUT2D eigenvalue weighted by Gasteiger charge is 2.21. The molecule has 4 rings (SSSR count). The van der Waals surface area contributed by atoms with Crippen molar-refractivity contribution in [3.05, 3.63) is 101 Å². The highest BCUT2D eigenvalue weighted by atomic mass is 16.5. The van der Waals surface area contributed by atoms with E-state index in [2.05, 4.69) is 65.8 Å². The number of tetrazole rings is 1. The minimum atomic E-state index is -0.317. The molecule has 0 saturated carbocycles. The Kier molecular flexibility index (Phi) is 5.77. The van der Waals surface area contributed by atoms with Gasteiger partial charge in [0.05, 0.1) is 6.61 Å². The quantitative estimate of drug-likeness (QED) is 0.454. The second-order valence-corrected chi connectivity index (χ2v) is 7.14. The minimum absolute atomic E-state index is 0.317. The zero-order chi connectivity index (χ0) is 20.1. The van der Waals surface area contributed by atoms with Gasteiger partial charge in [-0.1, -0.05) is 78.9 Å². The van der Waals surface area contributed by atoms with Crippen LogP contribution in [0.2, 0.25) is 0 Å². The lowest BCUT2D eigenvalue weighted by Gasteiger charge is -2.20. The lowest BCUT2D eigenvalue weighted by atomic mass is 10.0. The molecule has 1 heterocycles. The van der Waals surface area contributed by atoms with E-state index in [0.29, 0.717) is 13.0 Å². The van der Waals surface area contributed by atoms with Crippen LogP contribution in [0.3, 0.4) is 0 Å². The van der Waals surface area contributed by atoms with Crippen LogP contribution in [-0.2, 0) is 17.8 Å². The van der Waals surface area contributed by atoms with Crippen LogP contribution >= 0.6 is 0 Å². The molecule has 0 spiro atoms. The van der Waals surface area contributed by atoms with Crippen LogP contribution in [0.15, 0.2) is 78.9 Å². The van der Waals surface area contributed by atoms with Crippen molar-refractivity contribution >= 4 is 0 Å². The van der Waals surface area contributed by atoms with E-state index in [1.165, 1.54) is 16.7 Å². The smallest absolute Gasteiger partial charge is 0.185 e. The van der Waals surface area contributed by atoms with Crippen molar-refractivity contribution in [2.24, 2.45) is 0 Å². The summed E-state index contributed by atoms with van der Waals surface area (Å²) < 4.78 is 8.13. The van der Waals surface area contributed by atoms with E-state index in [9.17, 15) is 0 Å². The Bertz CT molecular complexity index is 1060. The molecule has 0 saturated heterocycles. The van der Waals surface area contributed by atoms with Gasteiger partial charge >= 0.3 is 0 Å². The molecule has 0 aliphatic heterocycles. The van der Waals surface area contributed by atoms with E-state index in [4.69, 9.17) is 4.74 Å². The van der Waals surface area contributed by atoms with Crippen molar-refractivity contribution in [2.45, 2.75) is 33.1 Å². The second-order valence-electron chi connectivity index (χ2n) is 7.14. The Morgan fingerprint density at radius 3 is 2.24 bits per heavy atom. The molecule has 4 aromatic rings. The molecular weight excluding hydrogens is 360 g/mol. The Morgan fingerprint density at radius 1 is 0.828 bits per heavy atom. The van der Waals surface area contributed by atoms with Crippen molar-refractivity contribution in [1.29, 1.82) is 0 Å². The summed E-state index contributed by atoms with van der Waals surface area (Å²) in [4.78, 5) is 0. The highest BCUT2D eigenvalue weighted by molar-refractivity contribution is 5.61. The Hall–Kier alpha value is -3.31. The van der Waals surface area contributed by atoms with E-state index in [1.54, 1.807) is 4.68 Å². The van der Waals surface area contributed by atoms with Crippen LogP contribution in [0.1, 0.15) is 28.5 Å². The van der Waals surface area contributed by atoms with Crippen molar-refractivity contribution in [1.82, 2.24) is 20.2 Å². The normalized spacial score (nSPS) is 12.1. The molecule has 5 nitrogen and oxygen atoms in total. The molecule has 0 bridgehead atoms. The fraction of sp³-hybridized carbons (Fsp3) is 0.208. The third-order valence-corrected chi connectivity index (χ3v) is 5.15. The van der Waals surface area contributed by atoms with E-state index < -0.39 is 0 Å². The summed E-state index contributed by atoms with van der Waals surface area (Å²) in [6.07, 6.45) is 0.360. The molecule has 0 amide bonds. The van der Waals surface area contributed by atoms with Gasteiger partial charge in [0.2, 0.25) is 0 Å². The van der Waals surface area contributed by atoms with Crippen LogP contribution in [0.5, 0.6) is 0 Å². The fourth-order valence-corrected chi connectivity index (χ4v) is 3.36. The summed E-state index contributed by atoms with van der Waals surface area (Å²) in [5.41, 5.74) is 5.70. The molecule has 3 aromatic carbocycles. The molecule has 146 valence electrons. The van der Waals surface area contributed by atoms with E-state index in [-0.39, 0.29) is 6.23 Å². The Balaban J connectivity index is 1.67. The third-order valence-electron chi connectivity index (χ3n) is 5.15. The maximum absolute atomic E-state index is 6.33. The molecule has 5 heteroatoms. The minimum Gasteiger partial charge on any atom is -0.351 e. The number of nitrogens with zero attached hydrogens (tertiary/aromatic N) is 4. The first kappa shape index (κ1) is 19.0. The third kappa shape index (κ3) is 4.41. The van der Waals surface area contributed by atoms with Gasteiger partial charge in [0.1, 0.15) is 0 Å². The first-order valence-electron chi connectivity index (χ1n) is 9.76. The number of aryl methyl sites for hydroxylation is 1. The Labute approximate surface area is 171 Å². The largest absolute Gasteiger partial charge is 0.351 e. The first-order chi connectivity index (χ1) is 14.2. The summed E-state index contributed by atoms with van der Waals surface area (Å²) in [5.74, 6) is 0.722.